The molecule has 0 aliphatic carbocycles. The fraction of sp³-hybridized carbons (Fsp3) is 0.231. The summed E-state index contributed by atoms with van der Waals surface area (Å²) in [5.41, 5.74) is 3.68. The van der Waals surface area contributed by atoms with E-state index in [9.17, 15) is 0 Å². The molecule has 0 amide bonds. The van der Waals surface area contributed by atoms with Crippen LogP contribution in [0.15, 0.2) is 46.6 Å². The number of benzene rings is 1. The van der Waals surface area contributed by atoms with Crippen molar-refractivity contribution >= 4 is 5.84 Å². The Morgan fingerprint density at radius 2 is 1.87 bits per heavy atom. The summed E-state index contributed by atoms with van der Waals surface area (Å²) < 4.78 is 0. The number of allylic oxidation sites excluding steroid dienone is 1. The van der Waals surface area contributed by atoms with Gasteiger partial charge in [0, 0.05) is 5.70 Å². The quantitative estimate of drug-likeness (QED) is 0.778. The van der Waals surface area contributed by atoms with E-state index in [2.05, 4.69) is 41.5 Å². The van der Waals surface area contributed by atoms with Crippen LogP contribution in [0.2, 0.25) is 0 Å². The summed E-state index contributed by atoms with van der Waals surface area (Å²) in [6, 6.07) is 10.4. The van der Waals surface area contributed by atoms with E-state index in [4.69, 9.17) is 0 Å². The van der Waals surface area contributed by atoms with Gasteiger partial charge in [0.05, 0.1) is 12.4 Å². The van der Waals surface area contributed by atoms with E-state index in [0.717, 1.165) is 18.0 Å². The van der Waals surface area contributed by atoms with Crippen LogP contribution in [-0.2, 0) is 6.42 Å². The lowest BCUT2D eigenvalue weighted by Gasteiger charge is -2.16. The van der Waals surface area contributed by atoms with Gasteiger partial charge in [-0.15, -0.1) is 0 Å². The average molecular weight is 199 g/mol. The molecule has 0 unspecified atom stereocenters. The molecule has 77 valence electrons. The van der Waals surface area contributed by atoms with Gasteiger partial charge in [-0.25, -0.2) is 4.99 Å². The van der Waals surface area contributed by atoms with Gasteiger partial charge in [0.15, 0.2) is 0 Å². The number of nitrogens with one attached hydrogen (secondary N) is 1. The molecule has 1 radical (unpaired) electrons. The summed E-state index contributed by atoms with van der Waals surface area (Å²) in [5, 5.41) is 3.15. The highest BCUT2D eigenvalue weighted by Crippen LogP contribution is 2.17. The third-order valence-corrected chi connectivity index (χ3v) is 2.49. The average Bonchev–Trinajstić information content (AvgIpc) is 2.24. The molecule has 0 spiro atoms. The van der Waals surface area contributed by atoms with Crippen LogP contribution in [0.5, 0.6) is 0 Å². The van der Waals surface area contributed by atoms with Crippen LogP contribution in [0, 0.1) is 6.54 Å². The van der Waals surface area contributed by atoms with Crippen molar-refractivity contribution in [2.75, 3.05) is 0 Å². The van der Waals surface area contributed by atoms with Crippen molar-refractivity contribution in [1.82, 2.24) is 5.32 Å². The van der Waals surface area contributed by atoms with Gasteiger partial charge in [0.1, 0.15) is 0 Å². The predicted octanol–water partition coefficient (Wildman–Crippen LogP) is 2.69. The molecule has 0 atom stereocenters. The first-order valence-electron chi connectivity index (χ1n) is 5.14. The Kier molecular flexibility index (Phi) is 2.86. The molecule has 2 heteroatoms. The molecule has 1 aromatic rings. The predicted molar refractivity (Wildman–Crippen MR) is 63.4 cm³/mol. The Labute approximate surface area is 90.7 Å². The van der Waals surface area contributed by atoms with E-state index in [1.807, 2.05) is 19.5 Å². The monoisotopic (exact) mass is 199 g/mol. The van der Waals surface area contributed by atoms with Gasteiger partial charge < -0.3 is 5.32 Å². The zero-order valence-electron chi connectivity index (χ0n) is 9.12. The van der Waals surface area contributed by atoms with E-state index in [0.29, 0.717) is 0 Å². The van der Waals surface area contributed by atoms with Gasteiger partial charge in [-0.05, 0) is 31.4 Å². The third-order valence-electron chi connectivity index (χ3n) is 2.49. The highest BCUT2D eigenvalue weighted by Gasteiger charge is 2.09. The van der Waals surface area contributed by atoms with Gasteiger partial charge >= 0.3 is 0 Å². The molecule has 15 heavy (non-hydrogen) atoms. The van der Waals surface area contributed by atoms with Gasteiger partial charge in [-0.3, -0.25) is 0 Å². The van der Waals surface area contributed by atoms with Crippen LogP contribution in [-0.4, -0.2) is 5.84 Å². The molecule has 0 aromatic heterocycles. The Bertz CT molecular complexity index is 402. The Hall–Kier alpha value is -1.57. The largest absolute Gasteiger partial charge is 0.365 e. The van der Waals surface area contributed by atoms with Crippen molar-refractivity contribution in [3.63, 3.8) is 0 Å². The van der Waals surface area contributed by atoms with Crippen LogP contribution in [0.4, 0.5) is 0 Å². The standard InChI is InChI=1S/C13H15N2/c1-10-13(9-14-11(2)15-10)8-12-6-4-3-5-7-12/h3-7,9H,8H2,1-2H3,(H,14,15). The van der Waals surface area contributed by atoms with Crippen LogP contribution in [0.3, 0.4) is 0 Å². The van der Waals surface area contributed by atoms with Crippen LogP contribution < -0.4 is 5.32 Å². The zero-order chi connectivity index (χ0) is 10.7. The summed E-state index contributed by atoms with van der Waals surface area (Å²) in [7, 11) is 0. The van der Waals surface area contributed by atoms with E-state index in [1.165, 1.54) is 11.1 Å². The number of amidine groups is 1. The lowest BCUT2D eigenvalue weighted by Crippen LogP contribution is -2.23. The molecule has 0 saturated heterocycles. The molecular weight excluding hydrogens is 184 g/mol. The molecule has 1 aromatic carbocycles. The maximum atomic E-state index is 4.41. The van der Waals surface area contributed by atoms with Crippen molar-refractivity contribution < 1.29 is 0 Å². The van der Waals surface area contributed by atoms with Crippen LogP contribution in [0.1, 0.15) is 19.4 Å². The highest BCUT2D eigenvalue weighted by atomic mass is 15.0. The minimum atomic E-state index is 0.941. The van der Waals surface area contributed by atoms with Gasteiger partial charge in [0.2, 0.25) is 0 Å². The first-order chi connectivity index (χ1) is 7.25. The van der Waals surface area contributed by atoms with Gasteiger partial charge in [0.25, 0.3) is 0 Å². The number of hydrogen-bond acceptors (Lipinski definition) is 2. The molecule has 1 heterocycles. The Morgan fingerprint density at radius 3 is 2.53 bits per heavy atom. The lowest BCUT2D eigenvalue weighted by molar-refractivity contribution is 0.962. The summed E-state index contributed by atoms with van der Waals surface area (Å²) in [4.78, 5) is 4.41. The number of hydrogen-bond donors (Lipinski definition) is 1. The van der Waals surface area contributed by atoms with Gasteiger partial charge in [-0.2, -0.15) is 0 Å². The van der Waals surface area contributed by atoms with Crippen LogP contribution in [0.25, 0.3) is 0 Å². The minimum Gasteiger partial charge on any atom is -0.365 e. The Morgan fingerprint density at radius 1 is 1.13 bits per heavy atom. The molecule has 0 bridgehead atoms. The van der Waals surface area contributed by atoms with Crippen molar-refractivity contribution in [2.24, 2.45) is 4.99 Å². The Balaban J connectivity index is 2.16. The number of nitrogens with zero attached hydrogens (tertiary/aromatic N) is 1. The summed E-state index contributed by atoms with van der Waals surface area (Å²) in [6.45, 7) is 6.07. The van der Waals surface area contributed by atoms with Gasteiger partial charge in [-0.1, -0.05) is 30.3 Å². The minimum absolute atomic E-state index is 0.941. The SMILES string of the molecule is CC1=NC(C)=C(Cc2ccccc2)[CH]N1. The fourth-order valence-electron chi connectivity index (χ4n) is 1.65. The second-order valence-corrected chi connectivity index (χ2v) is 3.76. The lowest BCUT2D eigenvalue weighted by atomic mass is 10.0. The van der Waals surface area contributed by atoms with Crippen LogP contribution >= 0.6 is 0 Å². The van der Waals surface area contributed by atoms with E-state index < -0.39 is 0 Å². The molecule has 2 rings (SSSR count). The zero-order valence-corrected chi connectivity index (χ0v) is 9.12. The number of aliphatic imine (C=N–C) groups is 1. The fourth-order valence-corrected chi connectivity index (χ4v) is 1.65. The first kappa shape index (κ1) is 9.97. The molecule has 0 fully saturated rings. The normalized spacial score (nSPS) is 16.0. The summed E-state index contributed by atoms with van der Waals surface area (Å²) in [6.07, 6.45) is 0.941. The van der Waals surface area contributed by atoms with Crippen molar-refractivity contribution in [3.8, 4) is 0 Å². The molecule has 1 aliphatic heterocycles. The van der Waals surface area contributed by atoms with Crippen molar-refractivity contribution in [3.05, 3.63) is 53.7 Å². The second kappa shape index (κ2) is 4.30. The molecular formula is C13H15N2. The molecule has 2 nitrogen and oxygen atoms in total. The second-order valence-electron chi connectivity index (χ2n) is 3.76. The molecule has 1 aliphatic rings. The molecule has 1 N–H and O–H groups in total. The van der Waals surface area contributed by atoms with Crippen molar-refractivity contribution in [2.45, 2.75) is 20.3 Å². The summed E-state index contributed by atoms with van der Waals surface area (Å²) >= 11 is 0. The smallest absolute Gasteiger partial charge is 0.0992 e. The topological polar surface area (TPSA) is 24.4 Å². The van der Waals surface area contributed by atoms with E-state index >= 15 is 0 Å². The maximum absolute atomic E-state index is 4.41. The highest BCUT2D eigenvalue weighted by molar-refractivity contribution is 5.82. The maximum Gasteiger partial charge on any atom is 0.0992 e. The summed E-state index contributed by atoms with van der Waals surface area (Å²) in [5.74, 6) is 0.962. The first-order valence-corrected chi connectivity index (χ1v) is 5.14. The van der Waals surface area contributed by atoms with Crippen molar-refractivity contribution in [1.29, 1.82) is 0 Å². The molecule has 0 saturated carbocycles. The van der Waals surface area contributed by atoms with E-state index in [1.54, 1.807) is 0 Å². The number of rotatable bonds is 2. The third kappa shape index (κ3) is 2.46. The van der Waals surface area contributed by atoms with E-state index in [-0.39, 0.29) is 0 Å².